The van der Waals surface area contributed by atoms with Crippen molar-refractivity contribution in [3.05, 3.63) is 36.4 Å². The molecule has 0 amide bonds. The van der Waals surface area contributed by atoms with Crippen molar-refractivity contribution in [3.8, 4) is 22.6 Å². The zero-order valence-corrected chi connectivity index (χ0v) is 17.0. The fraction of sp³-hybridized carbons (Fsp3) is 0.429. The summed E-state index contributed by atoms with van der Waals surface area (Å²) in [6, 6.07) is 11.0. The summed E-state index contributed by atoms with van der Waals surface area (Å²) in [7, 11) is -0.396. The number of nitrogens with one attached hydrogen (secondary N) is 2. The van der Waals surface area contributed by atoms with E-state index >= 15 is 0 Å². The molecule has 1 aliphatic carbocycles. The molecule has 0 bridgehead atoms. The van der Waals surface area contributed by atoms with Gasteiger partial charge in [0.25, 0.3) is 0 Å². The summed E-state index contributed by atoms with van der Waals surface area (Å²) in [5.41, 5.74) is 2.25. The molecule has 4 rings (SSSR count). The van der Waals surface area contributed by atoms with Crippen LogP contribution in [0.5, 0.6) is 11.5 Å². The van der Waals surface area contributed by atoms with Gasteiger partial charge in [0.2, 0.25) is 10.0 Å². The Morgan fingerprint density at radius 1 is 0.964 bits per heavy atom. The van der Waals surface area contributed by atoms with Gasteiger partial charge in [-0.3, -0.25) is 0 Å². The number of fused-ring (bicyclic) bond motifs is 1. The van der Waals surface area contributed by atoms with Crippen LogP contribution in [-0.2, 0) is 10.0 Å². The van der Waals surface area contributed by atoms with Gasteiger partial charge in [-0.2, -0.15) is 4.72 Å². The molecule has 1 unspecified atom stereocenters. The summed E-state index contributed by atoms with van der Waals surface area (Å²) >= 11 is 0. The predicted octanol–water partition coefficient (Wildman–Crippen LogP) is 3.98. The number of hydrogen-bond donors (Lipinski definition) is 2. The normalized spacial score (nSPS) is 21.4. The first kappa shape index (κ1) is 19.1. The van der Waals surface area contributed by atoms with Crippen LogP contribution >= 0.6 is 0 Å². The summed E-state index contributed by atoms with van der Waals surface area (Å²) in [6.07, 6.45) is 5.42. The summed E-state index contributed by atoms with van der Waals surface area (Å²) in [5, 5.41) is 3.41. The molecular formula is C21H26N2O4S. The van der Waals surface area contributed by atoms with Crippen molar-refractivity contribution in [3.63, 3.8) is 0 Å². The van der Waals surface area contributed by atoms with E-state index in [4.69, 9.17) is 9.47 Å². The van der Waals surface area contributed by atoms with Crippen LogP contribution in [0.3, 0.4) is 0 Å². The number of sulfonamides is 1. The van der Waals surface area contributed by atoms with Crippen molar-refractivity contribution in [1.29, 1.82) is 0 Å². The zero-order valence-electron chi connectivity index (χ0n) is 16.2. The second kappa shape index (κ2) is 7.64. The topological polar surface area (TPSA) is 76.7 Å². The van der Waals surface area contributed by atoms with Gasteiger partial charge in [0.05, 0.1) is 26.1 Å². The highest BCUT2D eigenvalue weighted by Crippen LogP contribution is 2.38. The molecule has 1 aliphatic heterocycles. The Bertz CT molecular complexity index is 968. The maximum absolute atomic E-state index is 13.0. The van der Waals surface area contributed by atoms with Gasteiger partial charge in [0.15, 0.2) is 0 Å². The lowest BCUT2D eigenvalue weighted by Gasteiger charge is -2.35. The van der Waals surface area contributed by atoms with Crippen LogP contribution in [0, 0.1) is 5.92 Å². The Morgan fingerprint density at radius 3 is 2.46 bits per heavy atom. The second-order valence-corrected chi connectivity index (χ2v) is 9.10. The largest absolute Gasteiger partial charge is 0.497 e. The van der Waals surface area contributed by atoms with Crippen molar-refractivity contribution >= 4 is 15.7 Å². The van der Waals surface area contributed by atoms with Crippen molar-refractivity contribution in [2.75, 3.05) is 19.5 Å². The maximum atomic E-state index is 13.0. The van der Waals surface area contributed by atoms with E-state index in [9.17, 15) is 8.42 Å². The summed E-state index contributed by atoms with van der Waals surface area (Å²) in [5.74, 6) is 1.65. The third kappa shape index (κ3) is 3.56. The molecule has 2 aromatic carbocycles. The number of hydrogen-bond acceptors (Lipinski definition) is 5. The maximum Gasteiger partial charge on any atom is 0.244 e. The molecule has 1 saturated carbocycles. The van der Waals surface area contributed by atoms with Crippen molar-refractivity contribution in [1.82, 2.24) is 4.72 Å². The Balaban J connectivity index is 1.69. The van der Waals surface area contributed by atoms with Crippen molar-refractivity contribution in [2.24, 2.45) is 5.92 Å². The zero-order chi connectivity index (χ0) is 19.7. The smallest absolute Gasteiger partial charge is 0.244 e. The van der Waals surface area contributed by atoms with E-state index in [2.05, 4.69) is 10.0 Å². The molecule has 6 nitrogen and oxygen atoms in total. The Labute approximate surface area is 166 Å². The van der Waals surface area contributed by atoms with E-state index in [-0.39, 0.29) is 11.1 Å². The molecule has 0 aromatic heterocycles. The molecule has 1 fully saturated rings. The minimum atomic E-state index is -3.58. The first-order valence-corrected chi connectivity index (χ1v) is 11.2. The Hall–Kier alpha value is -2.25. The Kier molecular flexibility index (Phi) is 5.21. The van der Waals surface area contributed by atoms with Crippen LogP contribution in [0.1, 0.15) is 32.1 Å². The number of rotatable bonds is 4. The molecule has 0 spiro atoms. The average molecular weight is 403 g/mol. The van der Waals surface area contributed by atoms with E-state index in [1.807, 2.05) is 24.3 Å². The predicted molar refractivity (Wildman–Crippen MR) is 109 cm³/mol. The molecule has 2 aromatic rings. The lowest BCUT2D eigenvalue weighted by molar-refractivity contribution is 0.306. The van der Waals surface area contributed by atoms with Crippen LogP contribution in [0.15, 0.2) is 41.3 Å². The van der Waals surface area contributed by atoms with Crippen LogP contribution in [0.25, 0.3) is 11.1 Å². The first-order chi connectivity index (χ1) is 13.5. The standard InChI is InChI=1S/C21H26N2O4S/c1-26-16-9-10-17(19(13-16)27-2)15-8-11-18-20(12-15)28(24,25)23-21(22-18)14-6-4-3-5-7-14/h8-14,21-23H,3-7H2,1-2H3. The fourth-order valence-corrected chi connectivity index (χ4v) is 5.59. The molecular weight excluding hydrogens is 376 g/mol. The molecule has 0 saturated heterocycles. The molecule has 2 N–H and O–H groups in total. The minimum Gasteiger partial charge on any atom is -0.497 e. The number of ether oxygens (including phenoxy) is 2. The van der Waals surface area contributed by atoms with E-state index in [1.165, 1.54) is 6.42 Å². The van der Waals surface area contributed by atoms with E-state index in [0.717, 1.165) is 36.8 Å². The highest BCUT2D eigenvalue weighted by atomic mass is 32.2. The van der Waals surface area contributed by atoms with Crippen LogP contribution in [0.2, 0.25) is 0 Å². The van der Waals surface area contributed by atoms with Gasteiger partial charge in [0, 0.05) is 11.6 Å². The van der Waals surface area contributed by atoms with Gasteiger partial charge < -0.3 is 14.8 Å². The first-order valence-electron chi connectivity index (χ1n) is 9.67. The SMILES string of the molecule is COc1ccc(-c2ccc3c(c2)S(=O)(=O)NC(C2CCCCC2)N3)c(OC)c1. The summed E-state index contributed by atoms with van der Waals surface area (Å²) in [6.45, 7) is 0. The van der Waals surface area contributed by atoms with Gasteiger partial charge in [-0.15, -0.1) is 0 Å². The number of anilines is 1. The van der Waals surface area contributed by atoms with Crippen molar-refractivity contribution in [2.45, 2.75) is 43.2 Å². The van der Waals surface area contributed by atoms with Crippen LogP contribution in [0.4, 0.5) is 5.69 Å². The van der Waals surface area contributed by atoms with E-state index in [0.29, 0.717) is 23.1 Å². The van der Waals surface area contributed by atoms with Gasteiger partial charge in [-0.05, 0) is 48.6 Å². The monoisotopic (exact) mass is 402 g/mol. The highest BCUT2D eigenvalue weighted by Gasteiger charge is 2.34. The quantitative estimate of drug-likeness (QED) is 0.809. The van der Waals surface area contributed by atoms with Gasteiger partial charge >= 0.3 is 0 Å². The fourth-order valence-electron chi connectivity index (χ4n) is 4.18. The van der Waals surface area contributed by atoms with Crippen LogP contribution in [-0.4, -0.2) is 28.8 Å². The van der Waals surface area contributed by atoms with Gasteiger partial charge in [-0.25, -0.2) is 8.42 Å². The molecule has 150 valence electrons. The van der Waals surface area contributed by atoms with Crippen molar-refractivity contribution < 1.29 is 17.9 Å². The molecule has 7 heteroatoms. The highest BCUT2D eigenvalue weighted by molar-refractivity contribution is 7.89. The lowest BCUT2D eigenvalue weighted by atomic mass is 9.87. The number of methoxy groups -OCH3 is 2. The van der Waals surface area contributed by atoms with Crippen LogP contribution < -0.4 is 19.5 Å². The second-order valence-electron chi connectivity index (χ2n) is 7.42. The molecule has 1 heterocycles. The molecule has 2 aliphatic rings. The molecule has 1 atom stereocenters. The minimum absolute atomic E-state index is 0.237. The molecule has 0 radical (unpaired) electrons. The van der Waals surface area contributed by atoms with E-state index in [1.54, 1.807) is 26.4 Å². The lowest BCUT2D eigenvalue weighted by Crippen LogP contribution is -2.49. The average Bonchev–Trinajstić information content (AvgIpc) is 2.73. The Morgan fingerprint density at radius 2 is 1.75 bits per heavy atom. The van der Waals surface area contributed by atoms with Gasteiger partial charge in [-0.1, -0.05) is 25.3 Å². The molecule has 28 heavy (non-hydrogen) atoms. The third-order valence-corrected chi connectivity index (χ3v) is 7.19. The van der Waals surface area contributed by atoms with Gasteiger partial charge in [0.1, 0.15) is 16.4 Å². The number of benzene rings is 2. The third-order valence-electron chi connectivity index (χ3n) is 5.71. The summed E-state index contributed by atoms with van der Waals surface area (Å²) in [4.78, 5) is 0.273. The summed E-state index contributed by atoms with van der Waals surface area (Å²) < 4.78 is 39.5. The van der Waals surface area contributed by atoms with E-state index < -0.39 is 10.0 Å².